The predicted octanol–water partition coefficient (Wildman–Crippen LogP) is 6.95. The summed E-state index contributed by atoms with van der Waals surface area (Å²) in [6.07, 6.45) is 1.56. The fourth-order valence-electron chi connectivity index (χ4n) is 4.74. The third-order valence-corrected chi connectivity index (χ3v) is 6.31. The third kappa shape index (κ3) is 3.08. The molecule has 0 atom stereocenters. The molecular formula is C22H24ClF3N2. The predicted molar refractivity (Wildman–Crippen MR) is 107 cm³/mol. The first-order valence-electron chi connectivity index (χ1n) is 9.90. The molecule has 0 N–H and O–H groups in total. The molecular weight excluding hydrogens is 385 g/mol. The Kier molecular flexibility index (Phi) is 5.07. The average Bonchev–Trinajstić information content (AvgIpc) is 3.00. The van der Waals surface area contributed by atoms with Crippen LogP contribution < -0.4 is 0 Å². The van der Waals surface area contributed by atoms with Crippen LogP contribution in [-0.2, 0) is 12.6 Å². The maximum absolute atomic E-state index is 13.8. The maximum atomic E-state index is 13.8. The molecule has 1 saturated carbocycles. The number of aryl methyl sites for hydroxylation is 3. The summed E-state index contributed by atoms with van der Waals surface area (Å²) in [7, 11) is 0. The lowest BCUT2D eigenvalue weighted by Gasteiger charge is -2.24. The first-order chi connectivity index (χ1) is 13.3. The lowest BCUT2D eigenvalue weighted by Crippen LogP contribution is -2.13. The molecule has 2 heterocycles. The van der Waals surface area contributed by atoms with E-state index in [2.05, 4.69) is 0 Å². The van der Waals surface area contributed by atoms with Gasteiger partial charge in [0.1, 0.15) is 5.82 Å². The SMILES string of the molecule is Cc1nc(C2CCCCC2)n2c(c1C)c(CCCl)c1c(C(F)(F)F)cccc12. The van der Waals surface area contributed by atoms with Crippen molar-refractivity contribution in [3.05, 3.63) is 46.4 Å². The van der Waals surface area contributed by atoms with Gasteiger partial charge in [-0.15, -0.1) is 11.6 Å². The van der Waals surface area contributed by atoms with Gasteiger partial charge in [-0.05, 0) is 56.4 Å². The molecule has 0 amide bonds. The Labute approximate surface area is 167 Å². The summed E-state index contributed by atoms with van der Waals surface area (Å²) in [6, 6.07) is 4.47. The van der Waals surface area contributed by atoms with Crippen molar-refractivity contribution in [2.45, 2.75) is 64.5 Å². The first kappa shape index (κ1) is 19.6. The second-order valence-corrected chi connectivity index (χ2v) is 8.19. The molecule has 0 unspecified atom stereocenters. The van der Waals surface area contributed by atoms with Crippen molar-refractivity contribution in [2.75, 3.05) is 5.88 Å². The van der Waals surface area contributed by atoms with E-state index in [1.165, 1.54) is 18.6 Å². The second-order valence-electron chi connectivity index (χ2n) is 7.81. The van der Waals surface area contributed by atoms with Crippen LogP contribution in [0, 0.1) is 13.8 Å². The van der Waals surface area contributed by atoms with Crippen molar-refractivity contribution >= 4 is 28.0 Å². The van der Waals surface area contributed by atoms with Gasteiger partial charge in [-0.1, -0.05) is 25.3 Å². The van der Waals surface area contributed by atoms with E-state index in [1.54, 1.807) is 6.07 Å². The van der Waals surface area contributed by atoms with Crippen LogP contribution in [0.3, 0.4) is 0 Å². The van der Waals surface area contributed by atoms with Crippen molar-refractivity contribution in [3.63, 3.8) is 0 Å². The molecule has 1 aromatic carbocycles. The van der Waals surface area contributed by atoms with E-state index in [4.69, 9.17) is 16.6 Å². The van der Waals surface area contributed by atoms with Crippen LogP contribution in [0.4, 0.5) is 13.2 Å². The largest absolute Gasteiger partial charge is 0.417 e. The van der Waals surface area contributed by atoms with Crippen LogP contribution in [0.25, 0.3) is 16.4 Å². The smallest absolute Gasteiger partial charge is 0.297 e. The highest BCUT2D eigenvalue weighted by molar-refractivity contribution is 6.18. The minimum absolute atomic E-state index is 0.278. The van der Waals surface area contributed by atoms with E-state index in [0.717, 1.165) is 48.3 Å². The van der Waals surface area contributed by atoms with Crippen LogP contribution in [0.1, 0.15) is 66.2 Å². The molecule has 28 heavy (non-hydrogen) atoms. The highest BCUT2D eigenvalue weighted by Crippen LogP contribution is 2.42. The topological polar surface area (TPSA) is 17.3 Å². The van der Waals surface area contributed by atoms with Crippen molar-refractivity contribution in [3.8, 4) is 0 Å². The van der Waals surface area contributed by atoms with Gasteiger partial charge in [0.2, 0.25) is 0 Å². The van der Waals surface area contributed by atoms with Gasteiger partial charge in [0.25, 0.3) is 0 Å². The molecule has 1 aliphatic carbocycles. The van der Waals surface area contributed by atoms with E-state index in [9.17, 15) is 13.2 Å². The van der Waals surface area contributed by atoms with E-state index in [-0.39, 0.29) is 17.2 Å². The van der Waals surface area contributed by atoms with Crippen LogP contribution >= 0.6 is 11.6 Å². The Bertz CT molecular complexity index is 1030. The minimum Gasteiger partial charge on any atom is -0.297 e. The van der Waals surface area contributed by atoms with Crippen LogP contribution in [-0.4, -0.2) is 15.3 Å². The lowest BCUT2D eigenvalue weighted by atomic mass is 9.88. The molecule has 2 nitrogen and oxygen atoms in total. The Morgan fingerprint density at radius 1 is 1.14 bits per heavy atom. The van der Waals surface area contributed by atoms with E-state index in [1.807, 2.05) is 18.2 Å². The number of nitrogens with zero attached hydrogens (tertiary/aromatic N) is 2. The van der Waals surface area contributed by atoms with Crippen LogP contribution in [0.15, 0.2) is 18.2 Å². The quantitative estimate of drug-likeness (QED) is 0.428. The van der Waals surface area contributed by atoms with Gasteiger partial charge in [-0.2, -0.15) is 13.2 Å². The fourth-order valence-corrected chi connectivity index (χ4v) is 4.92. The fraction of sp³-hybridized carbons (Fsp3) is 0.500. The number of fused-ring (bicyclic) bond motifs is 3. The van der Waals surface area contributed by atoms with Crippen molar-refractivity contribution in [2.24, 2.45) is 0 Å². The van der Waals surface area contributed by atoms with Crippen LogP contribution in [0.5, 0.6) is 0 Å². The number of halogens is 4. The molecule has 4 rings (SSSR count). The monoisotopic (exact) mass is 408 g/mol. The molecule has 3 aromatic rings. The Hall–Kier alpha value is -1.75. The molecule has 150 valence electrons. The maximum Gasteiger partial charge on any atom is 0.417 e. The molecule has 1 fully saturated rings. The zero-order chi connectivity index (χ0) is 20.1. The highest BCUT2D eigenvalue weighted by Gasteiger charge is 2.35. The summed E-state index contributed by atoms with van der Waals surface area (Å²) in [5, 5.41) is 0.281. The summed E-state index contributed by atoms with van der Waals surface area (Å²) in [4.78, 5) is 4.89. The molecule has 2 aromatic heterocycles. The van der Waals surface area contributed by atoms with Gasteiger partial charge in [0, 0.05) is 22.9 Å². The number of benzene rings is 1. The van der Waals surface area contributed by atoms with E-state index < -0.39 is 11.7 Å². The van der Waals surface area contributed by atoms with E-state index in [0.29, 0.717) is 17.5 Å². The van der Waals surface area contributed by atoms with Gasteiger partial charge in [0.05, 0.1) is 16.6 Å². The normalized spacial score (nSPS) is 16.4. The van der Waals surface area contributed by atoms with Gasteiger partial charge in [0.15, 0.2) is 0 Å². The minimum atomic E-state index is -4.41. The summed E-state index contributed by atoms with van der Waals surface area (Å²) in [5.41, 5.74) is 3.39. The number of rotatable bonds is 3. The van der Waals surface area contributed by atoms with Gasteiger partial charge in [-0.3, -0.25) is 4.40 Å². The molecule has 0 aliphatic heterocycles. The van der Waals surface area contributed by atoms with Crippen molar-refractivity contribution in [1.82, 2.24) is 9.38 Å². The average molecular weight is 409 g/mol. The summed E-state index contributed by atoms with van der Waals surface area (Å²) < 4.78 is 43.5. The summed E-state index contributed by atoms with van der Waals surface area (Å²) >= 11 is 6.03. The number of hydrogen-bond acceptors (Lipinski definition) is 1. The van der Waals surface area contributed by atoms with Gasteiger partial charge < -0.3 is 0 Å². The zero-order valence-corrected chi connectivity index (χ0v) is 16.9. The number of alkyl halides is 4. The molecule has 0 spiro atoms. The van der Waals surface area contributed by atoms with Gasteiger partial charge in [-0.25, -0.2) is 4.98 Å². The zero-order valence-electron chi connectivity index (χ0n) is 16.2. The van der Waals surface area contributed by atoms with E-state index >= 15 is 0 Å². The summed E-state index contributed by atoms with van der Waals surface area (Å²) in [5.74, 6) is 1.47. The molecule has 6 heteroatoms. The second kappa shape index (κ2) is 7.25. The van der Waals surface area contributed by atoms with Crippen LogP contribution in [0.2, 0.25) is 0 Å². The first-order valence-corrected chi connectivity index (χ1v) is 10.4. The standard InChI is InChI=1S/C22H24ClF3N2/c1-13-14(2)27-21(15-7-4-3-5-8-15)28-18-10-6-9-17(22(24,25)26)19(18)16(11-12-23)20(13)28/h6,9-10,15H,3-5,7-8,11-12H2,1-2H3. The van der Waals surface area contributed by atoms with Crippen molar-refractivity contribution < 1.29 is 13.2 Å². The number of hydrogen-bond donors (Lipinski definition) is 0. The Morgan fingerprint density at radius 2 is 1.86 bits per heavy atom. The summed E-state index contributed by atoms with van der Waals surface area (Å²) in [6.45, 7) is 3.90. The number of aromatic nitrogens is 2. The third-order valence-electron chi connectivity index (χ3n) is 6.12. The highest BCUT2D eigenvalue weighted by atomic mass is 35.5. The lowest BCUT2D eigenvalue weighted by molar-refractivity contribution is -0.136. The molecule has 0 radical (unpaired) electrons. The van der Waals surface area contributed by atoms with Crippen molar-refractivity contribution in [1.29, 1.82) is 0 Å². The Balaban J connectivity index is 2.17. The Morgan fingerprint density at radius 3 is 2.50 bits per heavy atom. The molecule has 0 bridgehead atoms. The molecule has 1 aliphatic rings. The van der Waals surface area contributed by atoms with Gasteiger partial charge >= 0.3 is 6.18 Å². The molecule has 0 saturated heterocycles.